The number of hydrogen-bond donors (Lipinski definition) is 2. The predicted molar refractivity (Wildman–Crippen MR) is 107 cm³/mol. The third kappa shape index (κ3) is 3.22. The molecule has 0 atom stereocenters. The van der Waals surface area contributed by atoms with E-state index in [1.54, 1.807) is 12.1 Å². The summed E-state index contributed by atoms with van der Waals surface area (Å²) in [4.78, 5) is 23.7. The molecule has 140 valence electrons. The first-order valence-corrected chi connectivity index (χ1v) is 9.00. The topological polar surface area (TPSA) is 75.6 Å². The molecule has 0 saturated carbocycles. The molecule has 3 aromatic carbocycles. The summed E-state index contributed by atoms with van der Waals surface area (Å²) in [6.07, 6.45) is -0.671. The van der Waals surface area contributed by atoms with Crippen LogP contribution < -0.4 is 5.32 Å². The molecule has 3 aromatic rings. The van der Waals surface area contributed by atoms with Crippen LogP contribution in [0.25, 0.3) is 11.1 Å². The van der Waals surface area contributed by atoms with Gasteiger partial charge in [-0.1, -0.05) is 54.6 Å². The molecule has 0 aromatic heterocycles. The number of carbonyl (C=O) groups is 2. The van der Waals surface area contributed by atoms with Crippen molar-refractivity contribution in [2.24, 2.45) is 0 Å². The van der Waals surface area contributed by atoms with Crippen LogP contribution in [0.15, 0.2) is 66.7 Å². The molecule has 1 aliphatic rings. The summed E-state index contributed by atoms with van der Waals surface area (Å²) in [6.45, 7) is 2.00. The van der Waals surface area contributed by atoms with E-state index in [1.807, 2.05) is 43.3 Å². The van der Waals surface area contributed by atoms with Crippen LogP contribution in [0.5, 0.6) is 0 Å². The lowest BCUT2D eigenvalue weighted by Gasteiger charge is -2.15. The Morgan fingerprint density at radius 1 is 0.964 bits per heavy atom. The number of aromatic carboxylic acids is 1. The molecule has 0 unspecified atom stereocenters. The van der Waals surface area contributed by atoms with E-state index in [4.69, 9.17) is 4.74 Å². The van der Waals surface area contributed by atoms with Crippen molar-refractivity contribution in [3.05, 3.63) is 89.0 Å². The number of fused-ring (bicyclic) bond motifs is 3. The number of nitrogens with one attached hydrogen (secondary N) is 1. The Kier molecular flexibility index (Phi) is 4.57. The Hall–Kier alpha value is -3.60. The minimum atomic E-state index is -1.10. The molecular formula is C23H19NO4. The van der Waals surface area contributed by atoms with Crippen molar-refractivity contribution in [3.8, 4) is 11.1 Å². The number of ether oxygens (including phenoxy) is 1. The van der Waals surface area contributed by atoms with Gasteiger partial charge in [0.25, 0.3) is 0 Å². The number of benzene rings is 3. The number of hydrogen-bond acceptors (Lipinski definition) is 3. The largest absolute Gasteiger partial charge is 0.478 e. The van der Waals surface area contributed by atoms with Crippen molar-refractivity contribution in [2.75, 3.05) is 11.9 Å². The zero-order chi connectivity index (χ0) is 19.7. The molecule has 5 nitrogen and oxygen atoms in total. The first kappa shape index (κ1) is 17.8. The van der Waals surface area contributed by atoms with Crippen molar-refractivity contribution >= 4 is 17.7 Å². The standard InChI is InChI=1S/C23H19NO4/c1-14-10-11-19(22(25)26)21(12-14)24-23(27)28-13-20-17-8-4-2-6-15(17)16-7-3-5-9-18(16)20/h2-12,20H,13H2,1H3,(H,24,27)(H,25,26). The van der Waals surface area contributed by atoms with Crippen LogP contribution in [0.4, 0.5) is 10.5 Å². The highest BCUT2D eigenvalue weighted by molar-refractivity contribution is 5.98. The molecule has 0 heterocycles. The molecule has 4 rings (SSSR count). The maximum Gasteiger partial charge on any atom is 0.411 e. The Balaban J connectivity index is 1.52. The molecule has 1 aliphatic carbocycles. The third-order valence-electron chi connectivity index (χ3n) is 4.99. The molecule has 28 heavy (non-hydrogen) atoms. The fraction of sp³-hybridized carbons (Fsp3) is 0.130. The molecule has 5 heteroatoms. The van der Waals surface area contributed by atoms with Gasteiger partial charge in [-0.2, -0.15) is 0 Å². The van der Waals surface area contributed by atoms with Gasteiger partial charge in [-0.15, -0.1) is 0 Å². The molecule has 0 radical (unpaired) electrons. The Morgan fingerprint density at radius 2 is 1.57 bits per heavy atom. The fourth-order valence-electron chi connectivity index (χ4n) is 3.69. The number of carbonyl (C=O) groups excluding carboxylic acids is 1. The quantitative estimate of drug-likeness (QED) is 0.671. The van der Waals surface area contributed by atoms with Crippen molar-refractivity contribution in [3.63, 3.8) is 0 Å². The van der Waals surface area contributed by atoms with Crippen LogP contribution in [0, 0.1) is 6.92 Å². The lowest BCUT2D eigenvalue weighted by atomic mass is 9.98. The zero-order valence-electron chi connectivity index (χ0n) is 15.3. The van der Waals surface area contributed by atoms with Gasteiger partial charge in [-0.05, 0) is 46.9 Å². The van der Waals surface area contributed by atoms with E-state index in [2.05, 4.69) is 17.4 Å². The smallest absolute Gasteiger partial charge is 0.411 e. The molecule has 0 saturated heterocycles. The maximum atomic E-state index is 12.4. The summed E-state index contributed by atoms with van der Waals surface area (Å²) in [7, 11) is 0. The molecule has 2 N–H and O–H groups in total. The van der Waals surface area contributed by atoms with Crippen molar-refractivity contribution in [1.29, 1.82) is 0 Å². The molecule has 0 fully saturated rings. The number of amides is 1. The molecule has 1 amide bonds. The minimum absolute atomic E-state index is 0.0270. The second kappa shape index (κ2) is 7.19. The number of anilines is 1. The van der Waals surface area contributed by atoms with Crippen LogP contribution in [-0.2, 0) is 4.74 Å². The van der Waals surface area contributed by atoms with Gasteiger partial charge in [-0.3, -0.25) is 5.32 Å². The van der Waals surface area contributed by atoms with Gasteiger partial charge in [-0.25, -0.2) is 9.59 Å². The Labute approximate surface area is 162 Å². The monoisotopic (exact) mass is 373 g/mol. The number of aryl methyl sites for hydroxylation is 1. The second-order valence-electron chi connectivity index (χ2n) is 6.80. The van der Waals surface area contributed by atoms with Gasteiger partial charge in [0, 0.05) is 5.92 Å². The summed E-state index contributed by atoms with van der Waals surface area (Å²) in [5.41, 5.74) is 5.65. The summed E-state index contributed by atoms with van der Waals surface area (Å²) in [6, 6.07) is 20.9. The number of carboxylic acid groups (broad SMARTS) is 1. The van der Waals surface area contributed by atoms with Crippen LogP contribution >= 0.6 is 0 Å². The zero-order valence-corrected chi connectivity index (χ0v) is 15.3. The average Bonchev–Trinajstić information content (AvgIpc) is 3.00. The summed E-state index contributed by atoms with van der Waals surface area (Å²) < 4.78 is 5.48. The first-order valence-electron chi connectivity index (χ1n) is 9.00. The van der Waals surface area contributed by atoms with Gasteiger partial charge in [0.1, 0.15) is 6.61 Å². The summed E-state index contributed by atoms with van der Waals surface area (Å²) in [5.74, 6) is -1.15. The van der Waals surface area contributed by atoms with Gasteiger partial charge < -0.3 is 9.84 Å². The molecule has 0 spiro atoms. The van der Waals surface area contributed by atoms with Crippen molar-refractivity contribution in [2.45, 2.75) is 12.8 Å². The lowest BCUT2D eigenvalue weighted by Crippen LogP contribution is -2.19. The predicted octanol–water partition coefficient (Wildman–Crippen LogP) is 5.05. The maximum absolute atomic E-state index is 12.4. The van der Waals surface area contributed by atoms with E-state index in [1.165, 1.54) is 6.07 Å². The first-order chi connectivity index (χ1) is 13.5. The van der Waals surface area contributed by atoms with Gasteiger partial charge in [0.15, 0.2) is 0 Å². The van der Waals surface area contributed by atoms with E-state index >= 15 is 0 Å². The highest BCUT2D eigenvalue weighted by Crippen LogP contribution is 2.44. The highest BCUT2D eigenvalue weighted by atomic mass is 16.5. The van der Waals surface area contributed by atoms with E-state index in [9.17, 15) is 14.7 Å². The summed E-state index contributed by atoms with van der Waals surface area (Å²) in [5, 5.41) is 11.9. The van der Waals surface area contributed by atoms with Gasteiger partial charge >= 0.3 is 12.1 Å². The van der Waals surface area contributed by atoms with E-state index in [0.717, 1.165) is 27.8 Å². The average molecular weight is 373 g/mol. The highest BCUT2D eigenvalue weighted by Gasteiger charge is 2.29. The van der Waals surface area contributed by atoms with E-state index in [0.29, 0.717) is 0 Å². The van der Waals surface area contributed by atoms with Crippen molar-refractivity contribution < 1.29 is 19.4 Å². The molecule has 0 bridgehead atoms. The third-order valence-corrected chi connectivity index (χ3v) is 4.99. The summed E-state index contributed by atoms with van der Waals surface area (Å²) >= 11 is 0. The normalized spacial score (nSPS) is 12.2. The minimum Gasteiger partial charge on any atom is -0.478 e. The Morgan fingerprint density at radius 3 is 2.18 bits per heavy atom. The van der Waals surface area contributed by atoms with Gasteiger partial charge in [0.05, 0.1) is 11.3 Å². The Bertz CT molecular complexity index is 1030. The lowest BCUT2D eigenvalue weighted by molar-refractivity contribution is 0.0698. The second-order valence-corrected chi connectivity index (χ2v) is 6.80. The number of carboxylic acids is 1. The van der Waals surface area contributed by atoms with E-state index < -0.39 is 12.1 Å². The van der Waals surface area contributed by atoms with E-state index in [-0.39, 0.29) is 23.8 Å². The SMILES string of the molecule is Cc1ccc(C(=O)O)c(NC(=O)OCC2c3ccccc3-c3ccccc32)c1. The molecular weight excluding hydrogens is 354 g/mol. The van der Waals surface area contributed by atoms with Gasteiger partial charge in [0.2, 0.25) is 0 Å². The van der Waals surface area contributed by atoms with Crippen LogP contribution in [0.3, 0.4) is 0 Å². The van der Waals surface area contributed by atoms with Crippen molar-refractivity contribution in [1.82, 2.24) is 0 Å². The van der Waals surface area contributed by atoms with Crippen LogP contribution in [-0.4, -0.2) is 23.8 Å². The van der Waals surface area contributed by atoms with Crippen LogP contribution in [0.1, 0.15) is 33.0 Å². The number of rotatable bonds is 4. The van der Waals surface area contributed by atoms with Crippen LogP contribution in [0.2, 0.25) is 0 Å². The fourth-order valence-corrected chi connectivity index (χ4v) is 3.69. The molecule has 0 aliphatic heterocycles.